The number of unbranched alkanes of at least 4 members (excludes halogenated alkanes) is 25. The molecule has 2 heteroatoms. The fourth-order valence-corrected chi connectivity index (χ4v) is 6.36. The minimum absolute atomic E-state index is 0.641. The maximum absolute atomic E-state index is 2.71. The van der Waals surface area contributed by atoms with Crippen molar-refractivity contribution in [3.05, 3.63) is 12.4 Å². The molecule has 1 rings (SSSR count). The Hall–Kier alpha value is -0.660. The monoisotopic (exact) mass is 547 g/mol. The second-order valence-electron chi connectivity index (χ2n) is 12.9. The Morgan fingerprint density at radius 3 is 0.897 bits per heavy atom. The zero-order valence-corrected chi connectivity index (χ0v) is 27.5. The van der Waals surface area contributed by atoms with Gasteiger partial charge in [0.25, 0.3) is 0 Å². The van der Waals surface area contributed by atoms with Crippen LogP contribution in [0, 0.1) is 0 Å². The fraction of sp³-hybridized carbons (Fsp3) is 0.946. The van der Waals surface area contributed by atoms with E-state index in [1.807, 2.05) is 0 Å². The van der Waals surface area contributed by atoms with E-state index in [0.29, 0.717) is 6.17 Å². The van der Waals surface area contributed by atoms with Crippen molar-refractivity contribution < 1.29 is 0 Å². The summed E-state index contributed by atoms with van der Waals surface area (Å²) in [4.78, 5) is 5.42. The smallest absolute Gasteiger partial charge is 0.101 e. The molecule has 0 aromatic rings. The standard InChI is InChI=1S/C37H74N2/c1-4-7-10-13-16-19-20-21-22-23-26-29-32-37-38(33-30-27-24-17-14-11-8-5-2)35-36-39(37)34-31-28-25-18-15-12-9-6-3/h35-37H,4-34H2,1-3H3. The quantitative estimate of drug-likeness (QED) is 0.0798. The van der Waals surface area contributed by atoms with Crippen LogP contribution >= 0.6 is 0 Å². The second kappa shape index (κ2) is 28.9. The highest BCUT2D eigenvalue weighted by atomic mass is 15.4. The van der Waals surface area contributed by atoms with Gasteiger partial charge in [0.05, 0.1) is 0 Å². The molecular weight excluding hydrogens is 472 g/mol. The van der Waals surface area contributed by atoms with Crippen LogP contribution in [-0.4, -0.2) is 29.1 Å². The van der Waals surface area contributed by atoms with E-state index in [-0.39, 0.29) is 0 Å². The average molecular weight is 547 g/mol. The molecule has 1 aliphatic heterocycles. The Morgan fingerprint density at radius 1 is 0.333 bits per heavy atom. The zero-order chi connectivity index (χ0) is 28.1. The molecule has 0 unspecified atom stereocenters. The molecule has 1 aliphatic rings. The van der Waals surface area contributed by atoms with E-state index in [9.17, 15) is 0 Å². The molecule has 39 heavy (non-hydrogen) atoms. The minimum atomic E-state index is 0.641. The van der Waals surface area contributed by atoms with E-state index in [4.69, 9.17) is 0 Å². The predicted molar refractivity (Wildman–Crippen MR) is 177 cm³/mol. The average Bonchev–Trinajstić information content (AvgIpc) is 3.33. The lowest BCUT2D eigenvalue weighted by Gasteiger charge is -2.33. The second-order valence-corrected chi connectivity index (χ2v) is 12.9. The summed E-state index contributed by atoms with van der Waals surface area (Å²) in [6.45, 7) is 9.47. The summed E-state index contributed by atoms with van der Waals surface area (Å²) in [7, 11) is 0. The Balaban J connectivity index is 2.23. The summed E-state index contributed by atoms with van der Waals surface area (Å²) < 4.78 is 0. The van der Waals surface area contributed by atoms with Gasteiger partial charge in [-0.3, -0.25) is 0 Å². The summed E-state index contributed by atoms with van der Waals surface area (Å²) in [5, 5.41) is 0. The van der Waals surface area contributed by atoms with Crippen LogP contribution < -0.4 is 0 Å². The third-order valence-corrected chi connectivity index (χ3v) is 9.07. The van der Waals surface area contributed by atoms with E-state index in [1.54, 1.807) is 0 Å². The first-order valence-electron chi connectivity index (χ1n) is 18.5. The van der Waals surface area contributed by atoms with Crippen molar-refractivity contribution in [1.29, 1.82) is 0 Å². The first-order valence-corrected chi connectivity index (χ1v) is 18.5. The Kier molecular flexibility index (Phi) is 26.9. The van der Waals surface area contributed by atoms with Gasteiger partial charge in [-0.1, -0.05) is 181 Å². The molecule has 1 heterocycles. The van der Waals surface area contributed by atoms with E-state index < -0.39 is 0 Å². The largest absolute Gasteiger partial charge is 0.356 e. The van der Waals surface area contributed by atoms with E-state index >= 15 is 0 Å². The van der Waals surface area contributed by atoms with Crippen LogP contribution in [0.1, 0.15) is 207 Å². The van der Waals surface area contributed by atoms with Crippen molar-refractivity contribution in [3.8, 4) is 0 Å². The fourth-order valence-electron chi connectivity index (χ4n) is 6.36. The van der Waals surface area contributed by atoms with Gasteiger partial charge < -0.3 is 9.80 Å². The Morgan fingerprint density at radius 2 is 0.590 bits per heavy atom. The van der Waals surface area contributed by atoms with Crippen LogP contribution in [0.2, 0.25) is 0 Å². The van der Waals surface area contributed by atoms with E-state index in [2.05, 4.69) is 43.0 Å². The number of hydrogen-bond acceptors (Lipinski definition) is 2. The van der Waals surface area contributed by atoms with Gasteiger partial charge in [-0.2, -0.15) is 0 Å². The summed E-state index contributed by atoms with van der Waals surface area (Å²) in [6.07, 6.45) is 46.9. The van der Waals surface area contributed by atoms with Crippen LogP contribution in [-0.2, 0) is 0 Å². The van der Waals surface area contributed by atoms with Gasteiger partial charge in [-0.05, 0) is 25.7 Å². The molecule has 0 spiro atoms. The summed E-state index contributed by atoms with van der Waals surface area (Å²) in [6, 6.07) is 0. The predicted octanol–water partition coefficient (Wildman–Crippen LogP) is 12.8. The molecule has 0 aromatic heterocycles. The molecule has 0 aromatic carbocycles. The van der Waals surface area contributed by atoms with Crippen molar-refractivity contribution in [2.24, 2.45) is 0 Å². The zero-order valence-electron chi connectivity index (χ0n) is 27.5. The van der Waals surface area contributed by atoms with Gasteiger partial charge in [0, 0.05) is 25.5 Å². The number of hydrogen-bond donors (Lipinski definition) is 0. The van der Waals surface area contributed by atoms with Gasteiger partial charge in [-0.25, -0.2) is 0 Å². The number of rotatable bonds is 31. The highest BCUT2D eigenvalue weighted by Gasteiger charge is 2.24. The van der Waals surface area contributed by atoms with Gasteiger partial charge >= 0.3 is 0 Å². The van der Waals surface area contributed by atoms with Crippen LogP contribution in [0.25, 0.3) is 0 Å². The maximum atomic E-state index is 2.71. The molecular formula is C37H74N2. The van der Waals surface area contributed by atoms with Crippen LogP contribution in [0.4, 0.5) is 0 Å². The lowest BCUT2D eigenvalue weighted by molar-refractivity contribution is 0.135. The minimum Gasteiger partial charge on any atom is -0.356 e. The highest BCUT2D eigenvalue weighted by Crippen LogP contribution is 2.24. The van der Waals surface area contributed by atoms with Gasteiger partial charge in [0.2, 0.25) is 0 Å². The van der Waals surface area contributed by atoms with E-state index in [0.717, 1.165) is 0 Å². The van der Waals surface area contributed by atoms with Crippen LogP contribution in [0.3, 0.4) is 0 Å². The van der Waals surface area contributed by atoms with Crippen LogP contribution in [0.5, 0.6) is 0 Å². The van der Waals surface area contributed by atoms with E-state index in [1.165, 1.54) is 199 Å². The Labute approximate surface area is 248 Å². The molecule has 0 aliphatic carbocycles. The first kappa shape index (κ1) is 36.4. The molecule has 0 radical (unpaired) electrons. The molecule has 0 saturated carbocycles. The first-order chi connectivity index (χ1) is 19.3. The van der Waals surface area contributed by atoms with Crippen molar-refractivity contribution in [1.82, 2.24) is 9.80 Å². The van der Waals surface area contributed by atoms with Crippen molar-refractivity contribution in [2.75, 3.05) is 13.1 Å². The molecule has 0 saturated heterocycles. The topological polar surface area (TPSA) is 6.48 Å². The van der Waals surface area contributed by atoms with Crippen LogP contribution in [0.15, 0.2) is 12.4 Å². The van der Waals surface area contributed by atoms with Crippen molar-refractivity contribution in [3.63, 3.8) is 0 Å². The molecule has 0 atom stereocenters. The summed E-state index contributed by atoms with van der Waals surface area (Å²) >= 11 is 0. The van der Waals surface area contributed by atoms with Gasteiger partial charge in [0.15, 0.2) is 0 Å². The SMILES string of the molecule is CCCCCCCCCCCCCCC1N(CCCCCCCCCC)C=CN1CCCCCCCCCC. The third-order valence-electron chi connectivity index (χ3n) is 9.07. The summed E-state index contributed by atoms with van der Waals surface area (Å²) in [5.74, 6) is 0. The lowest BCUT2D eigenvalue weighted by atomic mass is 10.0. The van der Waals surface area contributed by atoms with Crippen molar-refractivity contribution in [2.45, 2.75) is 213 Å². The maximum Gasteiger partial charge on any atom is 0.101 e. The molecule has 0 N–H and O–H groups in total. The van der Waals surface area contributed by atoms with Crippen molar-refractivity contribution >= 4 is 0 Å². The molecule has 2 nitrogen and oxygen atoms in total. The normalized spacial score (nSPS) is 13.8. The molecule has 232 valence electrons. The molecule has 0 amide bonds. The molecule has 0 fully saturated rings. The van der Waals surface area contributed by atoms with Gasteiger partial charge in [-0.15, -0.1) is 0 Å². The lowest BCUT2D eigenvalue weighted by Crippen LogP contribution is -2.39. The third kappa shape index (κ3) is 21.7. The summed E-state index contributed by atoms with van der Waals surface area (Å²) in [5.41, 5.74) is 0. The Bertz CT molecular complexity index is 472. The highest BCUT2D eigenvalue weighted by molar-refractivity contribution is 4.97. The van der Waals surface area contributed by atoms with Gasteiger partial charge in [0.1, 0.15) is 6.17 Å². The molecule has 0 bridgehead atoms. The number of nitrogens with zero attached hydrogens (tertiary/aromatic N) is 2.